The van der Waals surface area contributed by atoms with Crippen molar-refractivity contribution < 1.29 is 0 Å². The van der Waals surface area contributed by atoms with E-state index in [0.29, 0.717) is 44.1 Å². The van der Waals surface area contributed by atoms with Gasteiger partial charge >= 0.3 is 0 Å². The second-order valence-electron chi connectivity index (χ2n) is 6.68. The quantitative estimate of drug-likeness (QED) is 0.384. The van der Waals surface area contributed by atoms with Gasteiger partial charge in [0.05, 0.1) is 34.4 Å². The minimum Gasteiger partial charge on any atom is -0.394 e. The average molecular weight is 376 g/mol. The van der Waals surface area contributed by atoms with Gasteiger partial charge in [0.1, 0.15) is 11.8 Å². The highest BCUT2D eigenvalue weighted by molar-refractivity contribution is 6.16. The molecule has 7 heteroatoms. The maximum absolute atomic E-state index is 12.7. The van der Waals surface area contributed by atoms with Crippen LogP contribution in [0.2, 0.25) is 0 Å². The maximum Gasteiger partial charge on any atom is 0.272 e. The van der Waals surface area contributed by atoms with Gasteiger partial charge in [0, 0.05) is 27.1 Å². The van der Waals surface area contributed by atoms with Crippen LogP contribution in [0.25, 0.3) is 43.7 Å². The Balaban J connectivity index is 2.03. The lowest BCUT2D eigenvalue weighted by atomic mass is 9.92. The Morgan fingerprint density at radius 1 is 0.897 bits per heavy atom. The summed E-state index contributed by atoms with van der Waals surface area (Å²) in [6.07, 6.45) is 1.60. The number of nitrogens with two attached hydrogens (primary N) is 1. The number of fused-ring (bicyclic) bond motifs is 4. The number of benzene rings is 3. The predicted molar refractivity (Wildman–Crippen MR) is 111 cm³/mol. The molecule has 3 aromatic carbocycles. The molecule has 2 heterocycles. The Bertz CT molecular complexity index is 1610. The number of nitrogen functional groups attached to an aromatic ring is 1. The highest BCUT2D eigenvalue weighted by Crippen LogP contribution is 2.39. The molecule has 7 nitrogen and oxygen atoms in total. The van der Waals surface area contributed by atoms with E-state index in [0.717, 1.165) is 10.8 Å². The Labute approximate surface area is 163 Å². The molecule has 0 aliphatic carbocycles. The summed E-state index contributed by atoms with van der Waals surface area (Å²) in [6, 6.07) is 16.9. The highest BCUT2D eigenvalue weighted by Gasteiger charge is 2.19. The van der Waals surface area contributed by atoms with Crippen molar-refractivity contribution in [3.8, 4) is 23.3 Å². The number of nitriles is 2. The number of anilines is 1. The molecule has 0 bridgehead atoms. The van der Waals surface area contributed by atoms with Gasteiger partial charge in [-0.1, -0.05) is 30.3 Å². The zero-order valence-electron chi connectivity index (χ0n) is 14.9. The number of rotatable bonds is 1. The smallest absolute Gasteiger partial charge is 0.272 e. The molecule has 0 aliphatic rings. The van der Waals surface area contributed by atoms with Crippen molar-refractivity contribution in [2.45, 2.75) is 0 Å². The highest BCUT2D eigenvalue weighted by atomic mass is 16.1. The van der Waals surface area contributed by atoms with Gasteiger partial charge in [-0.05, 0) is 17.7 Å². The van der Waals surface area contributed by atoms with Crippen molar-refractivity contribution in [1.29, 1.82) is 10.5 Å². The first-order chi connectivity index (χ1) is 14.1. The third kappa shape index (κ3) is 2.22. The third-order valence-electron chi connectivity index (χ3n) is 5.19. The summed E-state index contributed by atoms with van der Waals surface area (Å²) in [4.78, 5) is 15.6. The predicted octanol–water partition coefficient (Wildman–Crippen LogP) is 3.55. The van der Waals surface area contributed by atoms with Crippen LogP contribution in [-0.2, 0) is 0 Å². The van der Waals surface area contributed by atoms with Gasteiger partial charge in [0.25, 0.3) is 5.56 Å². The molecule has 4 N–H and O–H groups in total. The zero-order chi connectivity index (χ0) is 20.1. The molecule has 5 rings (SSSR count). The van der Waals surface area contributed by atoms with E-state index >= 15 is 0 Å². The van der Waals surface area contributed by atoms with Crippen molar-refractivity contribution >= 4 is 38.3 Å². The standard InChI is InChI=1S/C22H12N6O/c23-8-11-5-6-14(17-10-26-28-20(11)17)18-16-7-12(9-24)13-3-1-2-4-15(13)21(16)27-22(29)19(18)25/h1-7,10H,25H2,(H,26,28)(H,27,29). The van der Waals surface area contributed by atoms with E-state index < -0.39 is 5.56 Å². The van der Waals surface area contributed by atoms with Crippen LogP contribution < -0.4 is 11.3 Å². The monoisotopic (exact) mass is 376 g/mol. The van der Waals surface area contributed by atoms with E-state index in [-0.39, 0.29) is 5.69 Å². The normalized spacial score (nSPS) is 11.0. The van der Waals surface area contributed by atoms with Crippen LogP contribution in [0.5, 0.6) is 0 Å². The van der Waals surface area contributed by atoms with Crippen molar-refractivity contribution in [3.05, 3.63) is 70.1 Å². The molecule has 0 spiro atoms. The van der Waals surface area contributed by atoms with E-state index in [4.69, 9.17) is 5.73 Å². The van der Waals surface area contributed by atoms with Crippen LogP contribution in [0, 0.1) is 22.7 Å². The van der Waals surface area contributed by atoms with Crippen molar-refractivity contribution in [3.63, 3.8) is 0 Å². The molecule has 0 saturated carbocycles. The SMILES string of the molecule is N#Cc1cc2c(-c3ccc(C#N)c4[nH]ncc34)c(N)c(=O)[nH]c2c2ccccc12. The fourth-order valence-electron chi connectivity index (χ4n) is 3.88. The Morgan fingerprint density at radius 2 is 1.66 bits per heavy atom. The summed E-state index contributed by atoms with van der Waals surface area (Å²) in [7, 11) is 0. The number of aromatic nitrogens is 3. The Kier molecular flexibility index (Phi) is 3.39. The molecule has 0 aliphatic heterocycles. The van der Waals surface area contributed by atoms with Gasteiger partial charge in [-0.3, -0.25) is 9.89 Å². The van der Waals surface area contributed by atoms with Crippen LogP contribution in [0.3, 0.4) is 0 Å². The molecular weight excluding hydrogens is 364 g/mol. The van der Waals surface area contributed by atoms with Gasteiger partial charge in [-0.2, -0.15) is 15.6 Å². The minimum absolute atomic E-state index is 0.0453. The van der Waals surface area contributed by atoms with Crippen molar-refractivity contribution in [1.82, 2.24) is 15.2 Å². The number of aromatic amines is 2. The topological polar surface area (TPSA) is 135 Å². The number of pyridine rings is 1. The first-order valence-corrected chi connectivity index (χ1v) is 8.78. The molecule has 0 saturated heterocycles. The van der Waals surface area contributed by atoms with Crippen LogP contribution in [0.15, 0.2) is 53.5 Å². The molecule has 5 aromatic rings. The summed E-state index contributed by atoms with van der Waals surface area (Å²) in [5.74, 6) is 0. The van der Waals surface area contributed by atoms with Gasteiger partial charge in [-0.15, -0.1) is 0 Å². The van der Waals surface area contributed by atoms with Crippen molar-refractivity contribution in [2.75, 3.05) is 5.73 Å². The van der Waals surface area contributed by atoms with E-state index in [1.807, 2.05) is 24.3 Å². The molecule has 0 fully saturated rings. The van der Waals surface area contributed by atoms with E-state index in [9.17, 15) is 15.3 Å². The number of hydrogen-bond donors (Lipinski definition) is 3. The van der Waals surface area contributed by atoms with Crippen LogP contribution in [0.1, 0.15) is 11.1 Å². The molecule has 0 atom stereocenters. The van der Waals surface area contributed by atoms with Crippen LogP contribution in [-0.4, -0.2) is 15.2 Å². The molecule has 2 aromatic heterocycles. The first-order valence-electron chi connectivity index (χ1n) is 8.78. The molecule has 0 amide bonds. The summed E-state index contributed by atoms with van der Waals surface area (Å²) < 4.78 is 0. The minimum atomic E-state index is -0.414. The molecule has 136 valence electrons. The largest absolute Gasteiger partial charge is 0.394 e. The third-order valence-corrected chi connectivity index (χ3v) is 5.19. The molecule has 0 unspecified atom stereocenters. The Hall–Kier alpha value is -4.62. The van der Waals surface area contributed by atoms with E-state index in [1.165, 1.54) is 0 Å². The molecular formula is C22H12N6O. The number of H-pyrrole nitrogens is 2. The fourth-order valence-corrected chi connectivity index (χ4v) is 3.88. The van der Waals surface area contributed by atoms with Crippen molar-refractivity contribution in [2.24, 2.45) is 0 Å². The summed E-state index contributed by atoms with van der Waals surface area (Å²) in [5, 5.41) is 28.8. The van der Waals surface area contributed by atoms with E-state index in [2.05, 4.69) is 27.3 Å². The summed E-state index contributed by atoms with van der Waals surface area (Å²) >= 11 is 0. The van der Waals surface area contributed by atoms with Gasteiger partial charge in [-0.25, -0.2) is 0 Å². The molecule has 0 radical (unpaired) electrons. The lowest BCUT2D eigenvalue weighted by molar-refractivity contribution is 1.12. The Morgan fingerprint density at radius 3 is 2.41 bits per heavy atom. The second-order valence-corrected chi connectivity index (χ2v) is 6.68. The number of hydrogen-bond acceptors (Lipinski definition) is 5. The van der Waals surface area contributed by atoms with Crippen LogP contribution >= 0.6 is 0 Å². The number of nitrogens with one attached hydrogen (secondary N) is 2. The van der Waals surface area contributed by atoms with Gasteiger partial charge < -0.3 is 10.7 Å². The second kappa shape index (κ2) is 5.95. The lowest BCUT2D eigenvalue weighted by Gasteiger charge is -2.14. The fraction of sp³-hybridized carbons (Fsp3) is 0. The van der Waals surface area contributed by atoms with Gasteiger partial charge in [0.15, 0.2) is 0 Å². The first kappa shape index (κ1) is 16.5. The van der Waals surface area contributed by atoms with Gasteiger partial charge in [0.2, 0.25) is 0 Å². The summed E-state index contributed by atoms with van der Waals surface area (Å²) in [6.45, 7) is 0. The van der Waals surface area contributed by atoms with Crippen LogP contribution in [0.4, 0.5) is 5.69 Å². The molecule has 29 heavy (non-hydrogen) atoms. The number of nitrogens with zero attached hydrogens (tertiary/aromatic N) is 3. The zero-order valence-corrected chi connectivity index (χ0v) is 14.9. The lowest BCUT2D eigenvalue weighted by Crippen LogP contribution is -2.14. The average Bonchev–Trinajstić information content (AvgIpc) is 3.24. The maximum atomic E-state index is 12.7. The summed E-state index contributed by atoms with van der Waals surface area (Å²) in [5.41, 5.74) is 9.14. The van der Waals surface area contributed by atoms with E-state index in [1.54, 1.807) is 24.4 Å².